The van der Waals surface area contributed by atoms with Gasteiger partial charge in [0.25, 0.3) is 0 Å². The van der Waals surface area contributed by atoms with E-state index in [0.717, 1.165) is 33.2 Å². The first-order valence-electron chi connectivity index (χ1n) is 10.2. The average Bonchev–Trinajstić information content (AvgIpc) is 3.26. The van der Waals surface area contributed by atoms with Gasteiger partial charge in [0.1, 0.15) is 5.75 Å². The summed E-state index contributed by atoms with van der Waals surface area (Å²) in [6, 6.07) is 24.2. The van der Waals surface area contributed by atoms with Gasteiger partial charge in [0.15, 0.2) is 0 Å². The van der Waals surface area contributed by atoms with Crippen LogP contribution in [0, 0.1) is 5.92 Å². The molecule has 0 unspecified atom stereocenters. The Morgan fingerprint density at radius 3 is 2.48 bits per heavy atom. The van der Waals surface area contributed by atoms with Gasteiger partial charge in [-0.2, -0.15) is 5.10 Å². The molecule has 0 saturated heterocycles. The summed E-state index contributed by atoms with van der Waals surface area (Å²) < 4.78 is 5.63. The van der Waals surface area contributed by atoms with Crippen molar-refractivity contribution in [1.82, 2.24) is 10.2 Å². The van der Waals surface area contributed by atoms with E-state index in [-0.39, 0.29) is 5.92 Å². The predicted octanol–water partition coefficient (Wildman–Crippen LogP) is 6.27. The maximum Gasteiger partial charge on any atom is 0.335 e. The van der Waals surface area contributed by atoms with Gasteiger partial charge in [-0.1, -0.05) is 75.0 Å². The molecule has 4 rings (SSSR count). The fourth-order valence-corrected chi connectivity index (χ4v) is 3.85. The molecule has 0 spiro atoms. The second kappa shape index (κ2) is 8.84. The lowest BCUT2D eigenvalue weighted by molar-refractivity contribution is -0.128. The number of esters is 1. The van der Waals surface area contributed by atoms with Crippen molar-refractivity contribution in [3.63, 3.8) is 0 Å². The van der Waals surface area contributed by atoms with E-state index in [2.05, 4.69) is 54.9 Å². The second-order valence-corrected chi connectivity index (χ2v) is 7.60. The van der Waals surface area contributed by atoms with Crippen LogP contribution >= 0.6 is 0 Å². The zero-order valence-corrected chi connectivity index (χ0v) is 17.6. The number of hydrogen-bond acceptors (Lipinski definition) is 3. The molecule has 0 amide bonds. The molecule has 0 aliphatic heterocycles. The van der Waals surface area contributed by atoms with Crippen molar-refractivity contribution in [3.05, 3.63) is 108 Å². The Hall–Kier alpha value is -3.92. The third kappa shape index (κ3) is 4.19. The number of nitrogens with one attached hydrogen (secondary N) is 1. The van der Waals surface area contributed by atoms with Gasteiger partial charge in [0, 0.05) is 17.0 Å². The van der Waals surface area contributed by atoms with Crippen molar-refractivity contribution in [2.24, 2.45) is 5.92 Å². The van der Waals surface area contributed by atoms with Crippen LogP contribution in [-0.2, 0) is 4.79 Å². The molecule has 0 atom stereocenters. The molecular weight excluding hydrogens is 384 g/mol. The summed E-state index contributed by atoms with van der Waals surface area (Å²) in [5.74, 6) is 0.243. The molecule has 0 fully saturated rings. The molecule has 31 heavy (non-hydrogen) atoms. The third-order valence-electron chi connectivity index (χ3n) is 5.19. The average molecular weight is 409 g/mol. The van der Waals surface area contributed by atoms with Crippen molar-refractivity contribution >= 4 is 28.0 Å². The number of ether oxygens (including phenoxy) is 1. The fraction of sp³-hybridized carbons (Fsp3) is 0.111. The molecule has 1 N–H and O–H groups in total. The van der Waals surface area contributed by atoms with E-state index in [1.54, 1.807) is 0 Å². The Balaban J connectivity index is 2.05. The highest BCUT2D eigenvalue weighted by Crippen LogP contribution is 2.40. The van der Waals surface area contributed by atoms with Crippen LogP contribution in [0.3, 0.4) is 0 Å². The molecule has 4 heteroatoms. The molecule has 154 valence electrons. The number of aromatic amines is 1. The zero-order chi connectivity index (χ0) is 21.8. The van der Waals surface area contributed by atoms with Gasteiger partial charge < -0.3 is 4.74 Å². The number of rotatable bonds is 6. The minimum absolute atomic E-state index is 0.223. The Kier molecular flexibility index (Phi) is 5.80. The van der Waals surface area contributed by atoms with Gasteiger partial charge in [0.05, 0.1) is 11.7 Å². The number of nitrogens with zero attached hydrogens (tertiary/aromatic N) is 1. The highest BCUT2D eigenvalue weighted by atomic mass is 16.5. The molecule has 1 heterocycles. The summed E-state index contributed by atoms with van der Waals surface area (Å²) in [4.78, 5) is 12.0. The van der Waals surface area contributed by atoms with Crippen molar-refractivity contribution in [2.75, 3.05) is 0 Å². The molecule has 0 aliphatic carbocycles. The van der Waals surface area contributed by atoms with Gasteiger partial charge >= 0.3 is 5.97 Å². The van der Waals surface area contributed by atoms with E-state index >= 15 is 0 Å². The van der Waals surface area contributed by atoms with Crippen molar-refractivity contribution in [2.45, 2.75) is 13.8 Å². The first-order valence-corrected chi connectivity index (χ1v) is 10.2. The minimum Gasteiger partial charge on any atom is -0.423 e. The van der Waals surface area contributed by atoms with Gasteiger partial charge in [0.2, 0.25) is 0 Å². The van der Waals surface area contributed by atoms with E-state index in [0.29, 0.717) is 5.75 Å². The number of allylic oxidation sites excluding steroid dienone is 1. The number of carbonyl (C=O) groups is 1. The second-order valence-electron chi connectivity index (χ2n) is 7.60. The number of H-pyrrole nitrogens is 1. The summed E-state index contributed by atoms with van der Waals surface area (Å²) in [5, 5.41) is 8.19. The van der Waals surface area contributed by atoms with Gasteiger partial charge in [-0.05, 0) is 46.4 Å². The van der Waals surface area contributed by atoms with Crippen LogP contribution in [0.15, 0.2) is 91.6 Å². The summed E-state index contributed by atoms with van der Waals surface area (Å²) in [6.07, 6.45) is 3.00. The standard InChI is InChI=1S/C27H24N2O2/c1-4-25(30)31-24-13-9-8-12-22(24)27(20-14-15-23-21(16-20)17-28-29-23)26(18(2)3)19-10-6-5-7-11-19/h4-18H,1H2,2-3H3,(H,28,29)/b27-26+. The maximum atomic E-state index is 12.0. The molecular formula is C27H24N2O2. The highest BCUT2D eigenvalue weighted by molar-refractivity contribution is 6.02. The number of carbonyl (C=O) groups excluding carboxylic acids is 1. The number of aromatic nitrogens is 2. The quantitative estimate of drug-likeness (QED) is 0.177. The Bertz CT molecular complexity index is 1270. The molecule has 0 aliphatic rings. The largest absolute Gasteiger partial charge is 0.423 e. The van der Waals surface area contributed by atoms with Crippen molar-refractivity contribution < 1.29 is 9.53 Å². The first-order chi connectivity index (χ1) is 15.1. The molecule has 0 bridgehead atoms. The number of hydrogen-bond donors (Lipinski definition) is 1. The van der Waals surface area contributed by atoms with Crippen LogP contribution in [0.1, 0.15) is 30.5 Å². The van der Waals surface area contributed by atoms with E-state index in [1.165, 1.54) is 11.6 Å². The molecule has 3 aromatic carbocycles. The molecule has 1 aromatic heterocycles. The Morgan fingerprint density at radius 2 is 1.74 bits per heavy atom. The fourth-order valence-electron chi connectivity index (χ4n) is 3.85. The van der Waals surface area contributed by atoms with Crippen LogP contribution in [0.5, 0.6) is 5.75 Å². The highest BCUT2D eigenvalue weighted by Gasteiger charge is 2.21. The molecule has 0 radical (unpaired) electrons. The van der Waals surface area contributed by atoms with E-state index in [1.807, 2.05) is 54.7 Å². The zero-order valence-electron chi connectivity index (χ0n) is 17.6. The lowest BCUT2D eigenvalue weighted by atomic mass is 9.83. The summed E-state index contributed by atoms with van der Waals surface area (Å²) >= 11 is 0. The van der Waals surface area contributed by atoms with E-state index in [9.17, 15) is 4.79 Å². The van der Waals surface area contributed by atoms with E-state index in [4.69, 9.17) is 4.74 Å². The predicted molar refractivity (Wildman–Crippen MR) is 126 cm³/mol. The maximum absolute atomic E-state index is 12.0. The lowest BCUT2D eigenvalue weighted by Crippen LogP contribution is -2.07. The lowest BCUT2D eigenvalue weighted by Gasteiger charge is -2.22. The number of fused-ring (bicyclic) bond motifs is 1. The van der Waals surface area contributed by atoms with Gasteiger partial charge in [-0.25, -0.2) is 4.79 Å². The van der Waals surface area contributed by atoms with Gasteiger partial charge in [-0.3, -0.25) is 5.10 Å². The van der Waals surface area contributed by atoms with Gasteiger partial charge in [-0.15, -0.1) is 0 Å². The number of para-hydroxylation sites is 1. The Labute approximate surface area is 181 Å². The van der Waals surface area contributed by atoms with Crippen LogP contribution < -0.4 is 4.74 Å². The van der Waals surface area contributed by atoms with Crippen LogP contribution in [0.25, 0.3) is 22.0 Å². The third-order valence-corrected chi connectivity index (χ3v) is 5.19. The Morgan fingerprint density at radius 1 is 1.00 bits per heavy atom. The molecule has 4 nitrogen and oxygen atoms in total. The SMILES string of the molecule is C=CC(=O)Oc1ccccc1/C(=C(/c1ccccc1)C(C)C)c1ccc2[nH]ncc2c1. The summed E-state index contributed by atoms with van der Waals surface area (Å²) in [7, 11) is 0. The topological polar surface area (TPSA) is 55.0 Å². The first kappa shape index (κ1) is 20.4. The molecule has 4 aromatic rings. The van der Waals surface area contributed by atoms with Crippen LogP contribution in [0.2, 0.25) is 0 Å². The van der Waals surface area contributed by atoms with Crippen LogP contribution in [-0.4, -0.2) is 16.2 Å². The normalized spacial score (nSPS) is 12.0. The van der Waals surface area contributed by atoms with E-state index < -0.39 is 5.97 Å². The summed E-state index contributed by atoms with van der Waals surface area (Å²) in [6.45, 7) is 7.89. The van der Waals surface area contributed by atoms with Crippen LogP contribution in [0.4, 0.5) is 0 Å². The smallest absolute Gasteiger partial charge is 0.335 e. The number of benzene rings is 3. The molecule has 0 saturated carbocycles. The van der Waals surface area contributed by atoms with Crippen molar-refractivity contribution in [1.29, 1.82) is 0 Å². The monoisotopic (exact) mass is 408 g/mol. The summed E-state index contributed by atoms with van der Waals surface area (Å²) in [5.41, 5.74) is 6.18. The minimum atomic E-state index is -0.483. The van der Waals surface area contributed by atoms with Crippen molar-refractivity contribution in [3.8, 4) is 5.75 Å².